The summed E-state index contributed by atoms with van der Waals surface area (Å²) in [4.78, 5) is 27.4. The van der Waals surface area contributed by atoms with Crippen molar-refractivity contribution < 1.29 is 9.53 Å². The second kappa shape index (κ2) is 8.93. The molecule has 0 atom stereocenters. The Kier molecular flexibility index (Phi) is 6.55. The van der Waals surface area contributed by atoms with Gasteiger partial charge in [-0.3, -0.25) is 9.59 Å². The summed E-state index contributed by atoms with van der Waals surface area (Å²) in [5, 5.41) is 0. The summed E-state index contributed by atoms with van der Waals surface area (Å²) in [5.74, 6) is 0.650. The minimum Gasteiger partial charge on any atom is -0.488 e. The third-order valence-electron chi connectivity index (χ3n) is 4.18. The molecule has 1 N–H and O–H groups in total. The van der Waals surface area contributed by atoms with Crippen molar-refractivity contribution in [2.24, 2.45) is 5.41 Å². The van der Waals surface area contributed by atoms with Gasteiger partial charge in [-0.2, -0.15) is 0 Å². The number of aromatic nitrogens is 1. The summed E-state index contributed by atoms with van der Waals surface area (Å²) in [6.07, 6.45) is 3.28. The predicted molar refractivity (Wildman–Crippen MR) is 122 cm³/mol. The summed E-state index contributed by atoms with van der Waals surface area (Å²) in [6, 6.07) is 15.6. The van der Waals surface area contributed by atoms with E-state index in [-0.39, 0.29) is 11.3 Å². The number of ether oxygens (including phenoxy) is 1. The number of nitrogens with one attached hydrogen (secondary N) is 1. The van der Waals surface area contributed by atoms with E-state index in [4.69, 9.17) is 4.74 Å². The van der Waals surface area contributed by atoms with Crippen LogP contribution < -0.4 is 19.5 Å². The lowest BCUT2D eigenvalue weighted by atomic mass is 9.91. The molecule has 0 saturated heterocycles. The van der Waals surface area contributed by atoms with E-state index in [9.17, 15) is 9.59 Å². The van der Waals surface area contributed by atoms with Crippen molar-refractivity contribution in [3.63, 3.8) is 0 Å². The molecule has 6 heteroatoms. The highest BCUT2D eigenvalue weighted by Crippen LogP contribution is 2.24. The van der Waals surface area contributed by atoms with Crippen molar-refractivity contribution in [1.29, 1.82) is 0 Å². The van der Waals surface area contributed by atoms with Crippen LogP contribution in [-0.4, -0.2) is 10.8 Å². The number of rotatable bonds is 5. The largest absolute Gasteiger partial charge is 0.488 e. The Morgan fingerprint density at radius 1 is 1.17 bits per heavy atom. The molecule has 0 aliphatic rings. The van der Waals surface area contributed by atoms with Gasteiger partial charge < -0.3 is 9.72 Å². The number of aromatic amines is 1. The minimum absolute atomic E-state index is 0.0316. The molecule has 0 bridgehead atoms. The van der Waals surface area contributed by atoms with Crippen LogP contribution in [0, 0.1) is 5.41 Å². The zero-order valence-corrected chi connectivity index (χ0v) is 18.9. The van der Waals surface area contributed by atoms with Crippen LogP contribution in [-0.2, 0) is 11.4 Å². The van der Waals surface area contributed by atoms with Gasteiger partial charge in [0, 0.05) is 21.5 Å². The predicted octanol–water partition coefficient (Wildman–Crippen LogP) is 4.00. The van der Waals surface area contributed by atoms with Crippen LogP contribution in [0.2, 0.25) is 0 Å². The van der Waals surface area contributed by atoms with Gasteiger partial charge in [-0.1, -0.05) is 67.0 Å². The molecule has 1 aromatic heterocycles. The fraction of sp³-hybridized carbons (Fsp3) is 0.217. The number of benzene rings is 2. The molecule has 0 unspecified atom stereocenters. The summed E-state index contributed by atoms with van der Waals surface area (Å²) in [5.41, 5.74) is 1.13. The highest BCUT2D eigenvalue weighted by Gasteiger charge is 2.18. The van der Waals surface area contributed by atoms with Gasteiger partial charge in [-0.25, -0.2) is 0 Å². The molecular weight excluding hydrogens is 450 g/mol. The van der Waals surface area contributed by atoms with E-state index >= 15 is 0 Å². The lowest BCUT2D eigenvalue weighted by Crippen LogP contribution is -2.22. The van der Waals surface area contributed by atoms with Gasteiger partial charge in [-0.05, 0) is 29.8 Å². The Bertz CT molecular complexity index is 1190. The molecule has 3 aromatic rings. The van der Waals surface area contributed by atoms with Gasteiger partial charge in [0.1, 0.15) is 12.4 Å². The first kappa shape index (κ1) is 21.3. The zero-order valence-electron chi connectivity index (χ0n) is 16.5. The average molecular weight is 472 g/mol. The maximum atomic E-state index is 12.4. The summed E-state index contributed by atoms with van der Waals surface area (Å²) < 4.78 is 7.93. The van der Waals surface area contributed by atoms with Crippen LogP contribution in [0.3, 0.4) is 0 Å². The van der Waals surface area contributed by atoms with Gasteiger partial charge in [0.05, 0.1) is 9.20 Å². The zero-order chi connectivity index (χ0) is 21.0. The Labute approximate surface area is 181 Å². The molecule has 0 spiro atoms. The number of halogens is 1. The first-order valence-corrected chi connectivity index (χ1v) is 10.8. The van der Waals surface area contributed by atoms with Gasteiger partial charge in [0.15, 0.2) is 5.78 Å². The van der Waals surface area contributed by atoms with Crippen LogP contribution in [0.25, 0.3) is 12.2 Å². The topological polar surface area (TPSA) is 59.2 Å². The van der Waals surface area contributed by atoms with Crippen LogP contribution in [0.15, 0.2) is 57.8 Å². The van der Waals surface area contributed by atoms with E-state index in [0.717, 1.165) is 15.6 Å². The van der Waals surface area contributed by atoms with E-state index in [2.05, 4.69) is 20.9 Å². The molecule has 150 valence electrons. The Hall–Kier alpha value is -2.44. The van der Waals surface area contributed by atoms with Gasteiger partial charge in [0.2, 0.25) is 0 Å². The fourth-order valence-electron chi connectivity index (χ4n) is 2.50. The first-order chi connectivity index (χ1) is 13.7. The third kappa shape index (κ3) is 5.78. The van der Waals surface area contributed by atoms with Crippen molar-refractivity contribution >= 4 is 45.2 Å². The Balaban J connectivity index is 1.96. The van der Waals surface area contributed by atoms with Crippen LogP contribution in [0.1, 0.15) is 31.9 Å². The SMILES string of the molecule is CC(C)(C)C(=O)/C=c1/[nH]c(=O)/c(=C\c2cc(Br)ccc2OCc2ccccc2)s1. The number of carbonyl (C=O) groups excluding carboxylic acids is 1. The summed E-state index contributed by atoms with van der Waals surface area (Å²) in [6.45, 7) is 5.98. The molecule has 4 nitrogen and oxygen atoms in total. The summed E-state index contributed by atoms with van der Waals surface area (Å²) >= 11 is 4.73. The highest BCUT2D eigenvalue weighted by atomic mass is 79.9. The molecular formula is C23H22BrNO3S. The monoisotopic (exact) mass is 471 g/mol. The summed E-state index contributed by atoms with van der Waals surface area (Å²) in [7, 11) is 0. The molecule has 0 amide bonds. The van der Waals surface area contributed by atoms with Gasteiger partial charge in [-0.15, -0.1) is 11.3 Å². The molecule has 2 aromatic carbocycles. The van der Waals surface area contributed by atoms with E-state index in [1.807, 2.05) is 69.3 Å². The normalized spacial score (nSPS) is 13.0. The van der Waals surface area contributed by atoms with Crippen LogP contribution in [0.4, 0.5) is 0 Å². The highest BCUT2D eigenvalue weighted by molar-refractivity contribution is 9.10. The number of Topliss-reactive ketones (excluding diaryl/α,β-unsaturated/α-hetero) is 1. The molecule has 0 aliphatic carbocycles. The van der Waals surface area contributed by atoms with Crippen LogP contribution in [0.5, 0.6) is 5.75 Å². The molecule has 29 heavy (non-hydrogen) atoms. The van der Waals surface area contributed by atoms with Gasteiger partial charge in [0.25, 0.3) is 5.56 Å². The van der Waals surface area contributed by atoms with Crippen molar-refractivity contribution in [2.75, 3.05) is 0 Å². The lowest BCUT2D eigenvalue weighted by Gasteiger charge is -2.12. The van der Waals surface area contributed by atoms with Crippen LogP contribution >= 0.6 is 27.3 Å². The number of H-pyrrole nitrogens is 1. The Morgan fingerprint density at radius 3 is 2.59 bits per heavy atom. The van der Waals surface area contributed by atoms with Gasteiger partial charge >= 0.3 is 0 Å². The third-order valence-corrected chi connectivity index (χ3v) is 5.63. The van der Waals surface area contributed by atoms with Crippen molar-refractivity contribution in [2.45, 2.75) is 27.4 Å². The molecule has 1 heterocycles. The smallest absolute Gasteiger partial charge is 0.266 e. The van der Waals surface area contributed by atoms with Crippen molar-refractivity contribution in [3.05, 3.63) is 83.7 Å². The second-order valence-corrected chi connectivity index (χ2v) is 9.64. The maximum absolute atomic E-state index is 12.4. The van der Waals surface area contributed by atoms with E-state index in [0.29, 0.717) is 21.6 Å². The number of thiazole rings is 1. The molecule has 0 radical (unpaired) electrons. The van der Waals surface area contributed by atoms with Crippen molar-refractivity contribution in [1.82, 2.24) is 4.98 Å². The quantitative estimate of drug-likeness (QED) is 0.611. The van der Waals surface area contributed by atoms with Crippen molar-refractivity contribution in [3.8, 4) is 5.75 Å². The first-order valence-electron chi connectivity index (χ1n) is 9.16. The molecule has 3 rings (SSSR count). The lowest BCUT2D eigenvalue weighted by molar-refractivity contribution is -0.119. The molecule has 0 fully saturated rings. The number of ketones is 1. The second-order valence-electron chi connectivity index (χ2n) is 7.64. The number of hydrogen-bond donors (Lipinski definition) is 1. The molecule has 0 aliphatic heterocycles. The fourth-order valence-corrected chi connectivity index (χ4v) is 3.76. The van der Waals surface area contributed by atoms with E-state index < -0.39 is 5.41 Å². The standard InChI is InChI=1S/C23H22BrNO3S/c1-23(2,3)20(26)13-21-25-22(27)19(29-21)12-16-11-17(24)9-10-18(16)28-14-15-7-5-4-6-8-15/h4-13H,14H2,1-3H3,(H,25,27)/b19-12+,21-13-. The molecule has 0 saturated carbocycles. The maximum Gasteiger partial charge on any atom is 0.266 e. The number of hydrogen-bond acceptors (Lipinski definition) is 4. The van der Waals surface area contributed by atoms with E-state index in [1.54, 1.807) is 6.08 Å². The number of carbonyl (C=O) groups is 1. The van der Waals surface area contributed by atoms with E-state index in [1.165, 1.54) is 17.4 Å². The average Bonchev–Trinajstić information content (AvgIpc) is 3.00. The Morgan fingerprint density at radius 2 is 1.90 bits per heavy atom. The minimum atomic E-state index is -0.493.